The SMILES string of the molecule is CCOC(=O)/C=C(/C(F)F)C1CC1. The molecule has 1 aliphatic carbocycles. The fourth-order valence-corrected chi connectivity index (χ4v) is 1.10. The van der Waals surface area contributed by atoms with E-state index in [9.17, 15) is 13.6 Å². The molecule has 74 valence electrons. The number of halogens is 2. The van der Waals surface area contributed by atoms with Crippen molar-refractivity contribution in [2.24, 2.45) is 5.92 Å². The van der Waals surface area contributed by atoms with E-state index in [0.717, 1.165) is 18.9 Å². The first-order chi connectivity index (χ1) is 6.15. The number of carbonyl (C=O) groups is 1. The Bertz CT molecular complexity index is 216. The summed E-state index contributed by atoms with van der Waals surface area (Å²) in [4.78, 5) is 10.9. The van der Waals surface area contributed by atoms with E-state index in [1.165, 1.54) is 0 Å². The first-order valence-corrected chi connectivity index (χ1v) is 4.31. The second-order valence-corrected chi connectivity index (χ2v) is 2.97. The summed E-state index contributed by atoms with van der Waals surface area (Å²) in [6.07, 6.45) is -0.0753. The molecule has 0 saturated heterocycles. The van der Waals surface area contributed by atoms with Gasteiger partial charge in [0.05, 0.1) is 6.61 Å². The number of carbonyl (C=O) groups excluding carboxylic acids is 1. The first-order valence-electron chi connectivity index (χ1n) is 4.31. The molecule has 0 atom stereocenters. The van der Waals surface area contributed by atoms with Crippen molar-refractivity contribution >= 4 is 5.97 Å². The Kier molecular flexibility index (Phi) is 3.39. The van der Waals surface area contributed by atoms with Crippen molar-refractivity contribution in [1.29, 1.82) is 0 Å². The molecule has 0 aromatic rings. The summed E-state index contributed by atoms with van der Waals surface area (Å²) >= 11 is 0. The molecule has 2 nitrogen and oxygen atoms in total. The van der Waals surface area contributed by atoms with Crippen molar-refractivity contribution < 1.29 is 18.3 Å². The van der Waals surface area contributed by atoms with Crippen LogP contribution in [-0.4, -0.2) is 19.0 Å². The Morgan fingerprint density at radius 3 is 2.62 bits per heavy atom. The number of hydrogen-bond donors (Lipinski definition) is 0. The van der Waals surface area contributed by atoms with Gasteiger partial charge in [-0.25, -0.2) is 13.6 Å². The minimum absolute atomic E-state index is 0.0709. The maximum Gasteiger partial charge on any atom is 0.330 e. The quantitative estimate of drug-likeness (QED) is 0.501. The van der Waals surface area contributed by atoms with E-state index in [4.69, 9.17) is 0 Å². The number of alkyl halides is 2. The highest BCUT2D eigenvalue weighted by molar-refractivity contribution is 5.83. The summed E-state index contributed by atoms with van der Waals surface area (Å²) in [5.41, 5.74) is -0.0709. The maximum atomic E-state index is 12.3. The summed E-state index contributed by atoms with van der Waals surface area (Å²) in [7, 11) is 0. The van der Waals surface area contributed by atoms with Gasteiger partial charge in [-0.15, -0.1) is 0 Å². The molecule has 1 saturated carbocycles. The normalized spacial score (nSPS) is 17.7. The van der Waals surface area contributed by atoms with Gasteiger partial charge in [0.1, 0.15) is 0 Å². The van der Waals surface area contributed by atoms with Crippen molar-refractivity contribution in [2.75, 3.05) is 6.61 Å². The average Bonchev–Trinajstić information content (AvgIpc) is 2.82. The van der Waals surface area contributed by atoms with Gasteiger partial charge < -0.3 is 4.74 Å². The summed E-state index contributed by atoms with van der Waals surface area (Å²) in [6, 6.07) is 0. The van der Waals surface area contributed by atoms with Gasteiger partial charge in [-0.05, 0) is 25.7 Å². The third-order valence-corrected chi connectivity index (χ3v) is 1.87. The van der Waals surface area contributed by atoms with E-state index >= 15 is 0 Å². The summed E-state index contributed by atoms with van der Waals surface area (Å²) in [5.74, 6) is -0.755. The fraction of sp³-hybridized carbons (Fsp3) is 0.667. The van der Waals surface area contributed by atoms with Gasteiger partial charge in [0, 0.05) is 11.6 Å². The molecule has 0 amide bonds. The van der Waals surface area contributed by atoms with Crippen LogP contribution in [0.3, 0.4) is 0 Å². The Morgan fingerprint density at radius 2 is 2.23 bits per heavy atom. The molecule has 0 aromatic carbocycles. The second-order valence-electron chi connectivity index (χ2n) is 2.97. The number of esters is 1. The molecule has 1 aliphatic rings. The monoisotopic (exact) mass is 190 g/mol. The van der Waals surface area contributed by atoms with E-state index in [0.29, 0.717) is 0 Å². The third kappa shape index (κ3) is 3.13. The van der Waals surface area contributed by atoms with Crippen LogP contribution in [0, 0.1) is 5.92 Å². The van der Waals surface area contributed by atoms with Crippen molar-refractivity contribution in [3.05, 3.63) is 11.6 Å². The number of allylic oxidation sites excluding steroid dienone is 1. The highest BCUT2D eigenvalue weighted by Crippen LogP contribution is 2.39. The van der Waals surface area contributed by atoms with Crippen LogP contribution in [0.25, 0.3) is 0 Å². The summed E-state index contributed by atoms with van der Waals surface area (Å²) in [6.45, 7) is 1.86. The lowest BCUT2D eigenvalue weighted by Gasteiger charge is -2.03. The van der Waals surface area contributed by atoms with Crippen molar-refractivity contribution in [3.8, 4) is 0 Å². The summed E-state index contributed by atoms with van der Waals surface area (Å²) in [5, 5.41) is 0. The molecule has 4 heteroatoms. The molecule has 0 radical (unpaired) electrons. The standard InChI is InChI=1S/C9H12F2O2/c1-2-13-8(12)5-7(9(10)11)6-3-4-6/h5-6,9H,2-4H2,1H3/b7-5+. The van der Waals surface area contributed by atoms with Crippen LogP contribution in [-0.2, 0) is 9.53 Å². The van der Waals surface area contributed by atoms with Gasteiger partial charge in [0.2, 0.25) is 0 Å². The molecule has 1 rings (SSSR count). The van der Waals surface area contributed by atoms with Crippen LogP contribution in [0.15, 0.2) is 11.6 Å². The van der Waals surface area contributed by atoms with Crippen LogP contribution in [0.5, 0.6) is 0 Å². The predicted octanol–water partition coefficient (Wildman–Crippen LogP) is 2.15. The minimum atomic E-state index is -2.53. The van der Waals surface area contributed by atoms with E-state index in [2.05, 4.69) is 4.74 Å². The molecule has 13 heavy (non-hydrogen) atoms. The third-order valence-electron chi connectivity index (χ3n) is 1.87. The van der Waals surface area contributed by atoms with Crippen LogP contribution < -0.4 is 0 Å². The van der Waals surface area contributed by atoms with Gasteiger partial charge in [0.25, 0.3) is 6.43 Å². The largest absolute Gasteiger partial charge is 0.463 e. The number of rotatable bonds is 4. The molecule has 0 unspecified atom stereocenters. The molecule has 0 N–H and O–H groups in total. The van der Waals surface area contributed by atoms with Crippen LogP contribution in [0.4, 0.5) is 8.78 Å². The summed E-state index contributed by atoms with van der Waals surface area (Å²) < 4.78 is 29.2. The molecule has 0 bridgehead atoms. The van der Waals surface area contributed by atoms with E-state index in [1.54, 1.807) is 6.92 Å². The molecule has 0 aromatic heterocycles. The minimum Gasteiger partial charge on any atom is -0.463 e. The molecular weight excluding hydrogens is 178 g/mol. The number of hydrogen-bond acceptors (Lipinski definition) is 2. The fourth-order valence-electron chi connectivity index (χ4n) is 1.10. The van der Waals surface area contributed by atoms with Gasteiger partial charge >= 0.3 is 5.97 Å². The van der Waals surface area contributed by atoms with Crippen molar-refractivity contribution in [3.63, 3.8) is 0 Å². The zero-order chi connectivity index (χ0) is 9.84. The van der Waals surface area contributed by atoms with Crippen molar-refractivity contribution in [1.82, 2.24) is 0 Å². The molecular formula is C9H12F2O2. The zero-order valence-electron chi connectivity index (χ0n) is 7.43. The lowest BCUT2D eigenvalue weighted by molar-refractivity contribution is -0.137. The van der Waals surface area contributed by atoms with Gasteiger partial charge in [-0.1, -0.05) is 0 Å². The van der Waals surface area contributed by atoms with Gasteiger partial charge in [0.15, 0.2) is 0 Å². The molecule has 0 heterocycles. The van der Waals surface area contributed by atoms with Gasteiger partial charge in [-0.2, -0.15) is 0 Å². The van der Waals surface area contributed by atoms with Crippen molar-refractivity contribution in [2.45, 2.75) is 26.2 Å². The van der Waals surface area contributed by atoms with E-state index in [1.807, 2.05) is 0 Å². The topological polar surface area (TPSA) is 26.3 Å². The lowest BCUT2D eigenvalue weighted by Crippen LogP contribution is -2.06. The average molecular weight is 190 g/mol. The van der Waals surface area contributed by atoms with E-state index < -0.39 is 12.4 Å². The molecule has 0 spiro atoms. The molecule has 1 fully saturated rings. The Labute approximate surface area is 75.6 Å². The lowest BCUT2D eigenvalue weighted by atomic mass is 10.1. The Hall–Kier alpha value is -0.930. The smallest absolute Gasteiger partial charge is 0.330 e. The maximum absolute atomic E-state index is 12.3. The first kappa shape index (κ1) is 10.2. The molecule has 0 aliphatic heterocycles. The second kappa shape index (κ2) is 4.35. The van der Waals surface area contributed by atoms with Crippen LogP contribution >= 0.6 is 0 Å². The van der Waals surface area contributed by atoms with Crippen LogP contribution in [0.2, 0.25) is 0 Å². The highest BCUT2D eigenvalue weighted by Gasteiger charge is 2.31. The number of ether oxygens (including phenoxy) is 1. The van der Waals surface area contributed by atoms with Crippen LogP contribution in [0.1, 0.15) is 19.8 Å². The van der Waals surface area contributed by atoms with E-state index in [-0.39, 0.29) is 18.1 Å². The predicted molar refractivity (Wildman–Crippen MR) is 43.4 cm³/mol. The highest BCUT2D eigenvalue weighted by atomic mass is 19.3. The zero-order valence-corrected chi connectivity index (χ0v) is 7.43. The van der Waals surface area contributed by atoms with Gasteiger partial charge in [-0.3, -0.25) is 0 Å². The Balaban J connectivity index is 2.57. The Morgan fingerprint density at radius 1 is 1.62 bits per heavy atom.